The van der Waals surface area contributed by atoms with E-state index in [9.17, 15) is 14.4 Å². The lowest BCUT2D eigenvalue weighted by Gasteiger charge is -2.32. The molecule has 0 N–H and O–H groups in total. The fraction of sp³-hybridized carbons (Fsp3) is 0.500. The number of benzene rings is 1. The van der Waals surface area contributed by atoms with Gasteiger partial charge in [-0.1, -0.05) is 18.2 Å². The first-order chi connectivity index (χ1) is 14.1. The molecule has 2 amide bonds. The van der Waals surface area contributed by atoms with Crippen LogP contribution >= 0.6 is 0 Å². The number of carbonyl (C=O) groups is 3. The molecular formula is C22H27N3O4. The second-order valence-electron chi connectivity index (χ2n) is 7.85. The van der Waals surface area contributed by atoms with Gasteiger partial charge in [0, 0.05) is 42.8 Å². The third-order valence-corrected chi connectivity index (χ3v) is 5.96. The van der Waals surface area contributed by atoms with Crippen LogP contribution in [0.5, 0.6) is 0 Å². The van der Waals surface area contributed by atoms with Crippen LogP contribution in [0.2, 0.25) is 0 Å². The first kappa shape index (κ1) is 19.6. The predicted octanol–water partition coefficient (Wildman–Crippen LogP) is 2.08. The third-order valence-electron chi connectivity index (χ3n) is 5.96. The second kappa shape index (κ2) is 8.37. The number of ketones is 1. The number of Topliss-reactive ketones (excluding diaryl/α,β-unsaturated/α-hetero) is 1. The molecule has 7 heteroatoms. The van der Waals surface area contributed by atoms with Crippen molar-refractivity contribution in [3.05, 3.63) is 36.0 Å². The van der Waals surface area contributed by atoms with Crippen LogP contribution in [0.1, 0.15) is 36.5 Å². The van der Waals surface area contributed by atoms with Gasteiger partial charge in [0.15, 0.2) is 0 Å². The number of piperidine rings is 1. The van der Waals surface area contributed by atoms with E-state index in [2.05, 4.69) is 0 Å². The number of morpholine rings is 1. The summed E-state index contributed by atoms with van der Waals surface area (Å²) in [5, 5.41) is 0.713. The molecule has 0 bridgehead atoms. The van der Waals surface area contributed by atoms with E-state index in [1.807, 2.05) is 31.2 Å². The van der Waals surface area contributed by atoms with Crippen molar-refractivity contribution in [2.24, 2.45) is 0 Å². The number of likely N-dealkylation sites (tertiary alicyclic amines) is 1. The molecule has 7 nitrogen and oxygen atoms in total. The molecule has 2 aromatic rings. The molecule has 3 heterocycles. The highest BCUT2D eigenvalue weighted by Gasteiger charge is 2.31. The number of carbonyl (C=O) groups excluding carboxylic acids is 3. The summed E-state index contributed by atoms with van der Waals surface area (Å²) in [7, 11) is 0. The Morgan fingerprint density at radius 2 is 1.83 bits per heavy atom. The molecule has 29 heavy (non-hydrogen) atoms. The maximum atomic E-state index is 13.1. The van der Waals surface area contributed by atoms with Crippen LogP contribution < -0.4 is 0 Å². The normalized spacial score (nSPS) is 20.1. The van der Waals surface area contributed by atoms with Crippen LogP contribution in [0, 0.1) is 0 Å². The smallest absolute Gasteiger partial charge is 0.295 e. The van der Waals surface area contributed by atoms with E-state index in [-0.39, 0.29) is 18.5 Å². The van der Waals surface area contributed by atoms with Gasteiger partial charge in [0.25, 0.3) is 11.7 Å². The average molecular weight is 397 g/mol. The van der Waals surface area contributed by atoms with Crippen molar-refractivity contribution in [3.63, 3.8) is 0 Å². The zero-order chi connectivity index (χ0) is 20.4. The fourth-order valence-electron chi connectivity index (χ4n) is 4.26. The number of hydrogen-bond donors (Lipinski definition) is 0. The number of ether oxygens (including phenoxy) is 1. The van der Waals surface area contributed by atoms with E-state index in [1.54, 1.807) is 20.6 Å². The zero-order valence-electron chi connectivity index (χ0n) is 16.8. The Balaban J connectivity index is 1.60. The minimum absolute atomic E-state index is 0.0102. The molecule has 2 saturated heterocycles. The third kappa shape index (κ3) is 3.92. The van der Waals surface area contributed by atoms with Crippen molar-refractivity contribution in [2.75, 3.05) is 32.8 Å². The van der Waals surface area contributed by atoms with Gasteiger partial charge < -0.3 is 19.1 Å². The summed E-state index contributed by atoms with van der Waals surface area (Å²) in [6.07, 6.45) is 4.61. The largest absolute Gasteiger partial charge is 0.378 e. The average Bonchev–Trinajstić information content (AvgIpc) is 3.12. The molecule has 0 aliphatic carbocycles. The van der Waals surface area contributed by atoms with Crippen molar-refractivity contribution in [2.45, 2.75) is 38.8 Å². The van der Waals surface area contributed by atoms with Gasteiger partial charge in [-0.05, 0) is 32.3 Å². The molecular weight excluding hydrogens is 370 g/mol. The van der Waals surface area contributed by atoms with E-state index < -0.39 is 11.7 Å². The molecule has 2 fully saturated rings. The number of hydrogen-bond acceptors (Lipinski definition) is 4. The maximum absolute atomic E-state index is 13.1. The topological polar surface area (TPSA) is 71.9 Å². The van der Waals surface area contributed by atoms with Crippen molar-refractivity contribution in [1.29, 1.82) is 0 Å². The molecule has 4 rings (SSSR count). The van der Waals surface area contributed by atoms with E-state index in [1.165, 1.54) is 0 Å². The molecule has 2 aliphatic heterocycles. The quantitative estimate of drug-likeness (QED) is 0.585. The van der Waals surface area contributed by atoms with Gasteiger partial charge in [0.1, 0.15) is 6.54 Å². The van der Waals surface area contributed by atoms with Crippen LogP contribution in [0.25, 0.3) is 10.9 Å². The van der Waals surface area contributed by atoms with E-state index in [0.29, 0.717) is 43.8 Å². The van der Waals surface area contributed by atoms with Crippen LogP contribution in [0.15, 0.2) is 30.5 Å². The molecule has 0 saturated carbocycles. The number of amides is 2. The first-order valence-corrected chi connectivity index (χ1v) is 10.3. The van der Waals surface area contributed by atoms with E-state index in [0.717, 1.165) is 24.8 Å². The summed E-state index contributed by atoms with van der Waals surface area (Å²) in [5.74, 6) is -0.948. The van der Waals surface area contributed by atoms with Gasteiger partial charge in [-0.3, -0.25) is 14.4 Å². The van der Waals surface area contributed by atoms with Gasteiger partial charge >= 0.3 is 0 Å². The Kier molecular flexibility index (Phi) is 5.67. The molecule has 0 radical (unpaired) electrons. The maximum Gasteiger partial charge on any atom is 0.295 e. The lowest BCUT2D eigenvalue weighted by molar-refractivity contribution is -0.135. The van der Waals surface area contributed by atoms with Crippen molar-refractivity contribution >= 4 is 28.5 Å². The summed E-state index contributed by atoms with van der Waals surface area (Å²) in [6, 6.07) is 7.52. The highest BCUT2D eigenvalue weighted by Crippen LogP contribution is 2.24. The number of nitrogens with zero attached hydrogens (tertiary/aromatic N) is 3. The molecule has 2 aliphatic rings. The Labute approximate surface area is 170 Å². The summed E-state index contributed by atoms with van der Waals surface area (Å²) < 4.78 is 7.10. The van der Waals surface area contributed by atoms with Gasteiger partial charge in [-0.25, -0.2) is 0 Å². The van der Waals surface area contributed by atoms with Crippen LogP contribution in [0.3, 0.4) is 0 Å². The summed E-state index contributed by atoms with van der Waals surface area (Å²) >= 11 is 0. The van der Waals surface area contributed by atoms with E-state index >= 15 is 0 Å². The fourth-order valence-corrected chi connectivity index (χ4v) is 4.26. The number of para-hydroxylation sites is 1. The highest BCUT2D eigenvalue weighted by molar-refractivity contribution is 6.45. The highest BCUT2D eigenvalue weighted by atomic mass is 16.5. The predicted molar refractivity (Wildman–Crippen MR) is 109 cm³/mol. The molecule has 1 aromatic heterocycles. The van der Waals surface area contributed by atoms with Gasteiger partial charge in [-0.15, -0.1) is 0 Å². The molecule has 0 spiro atoms. The Hall–Kier alpha value is -2.67. The van der Waals surface area contributed by atoms with Gasteiger partial charge in [0.05, 0.1) is 18.8 Å². The van der Waals surface area contributed by atoms with Crippen LogP contribution in [-0.4, -0.2) is 70.9 Å². The van der Waals surface area contributed by atoms with E-state index in [4.69, 9.17) is 4.74 Å². The van der Waals surface area contributed by atoms with Gasteiger partial charge in [-0.2, -0.15) is 0 Å². The second-order valence-corrected chi connectivity index (χ2v) is 7.85. The van der Waals surface area contributed by atoms with Gasteiger partial charge in [0.2, 0.25) is 5.91 Å². The van der Waals surface area contributed by atoms with Crippen molar-refractivity contribution < 1.29 is 19.1 Å². The SMILES string of the molecule is CC1CCCCN1C(=O)C(=O)c1cn(CC(=O)N2CCOCC2)c2ccccc12. The standard InChI is InChI=1S/C22H27N3O4/c1-16-6-4-5-9-25(16)22(28)21(27)18-14-24(19-8-3-2-7-17(18)19)15-20(26)23-10-12-29-13-11-23/h2-3,7-8,14,16H,4-6,9-13,15H2,1H3. The molecule has 154 valence electrons. The molecule has 1 unspecified atom stereocenters. The first-order valence-electron chi connectivity index (χ1n) is 10.3. The minimum Gasteiger partial charge on any atom is -0.378 e. The Morgan fingerprint density at radius 3 is 2.59 bits per heavy atom. The lowest BCUT2D eigenvalue weighted by Crippen LogP contribution is -2.45. The number of rotatable bonds is 4. The summed E-state index contributed by atoms with van der Waals surface area (Å²) in [4.78, 5) is 42.2. The number of fused-ring (bicyclic) bond motifs is 1. The minimum atomic E-state index is -0.493. The summed E-state index contributed by atoms with van der Waals surface area (Å²) in [5.41, 5.74) is 1.16. The zero-order valence-corrected chi connectivity index (χ0v) is 16.8. The number of aromatic nitrogens is 1. The Bertz CT molecular complexity index is 929. The molecule has 1 atom stereocenters. The summed E-state index contributed by atoms with van der Waals surface area (Å²) in [6.45, 7) is 5.01. The lowest BCUT2D eigenvalue weighted by atomic mass is 10.0. The van der Waals surface area contributed by atoms with Crippen LogP contribution in [0.4, 0.5) is 0 Å². The van der Waals surface area contributed by atoms with Crippen molar-refractivity contribution in [1.82, 2.24) is 14.4 Å². The van der Waals surface area contributed by atoms with Crippen molar-refractivity contribution in [3.8, 4) is 0 Å². The van der Waals surface area contributed by atoms with Crippen LogP contribution in [-0.2, 0) is 20.9 Å². The molecule has 1 aromatic carbocycles. The Morgan fingerprint density at radius 1 is 1.07 bits per heavy atom. The monoisotopic (exact) mass is 397 g/mol.